The van der Waals surface area contributed by atoms with Crippen LogP contribution in [0, 0.1) is 0 Å². The summed E-state index contributed by atoms with van der Waals surface area (Å²) in [5, 5.41) is 6.48. The number of amides is 8. The summed E-state index contributed by atoms with van der Waals surface area (Å²) in [4.78, 5) is 77.0. The SMILES string of the molecule is CC(C)(C)OC(=O)N1C(=O)N(C(=O)OC(C)(C)C)C2(CCC(c3ccc(Cl)cc3)CC2)C1=O.O=C1NC(=O)C2(CCC(c3ccc(Cl)cc3)CC2)N1. The molecule has 2 saturated carbocycles. The quantitative estimate of drug-likeness (QED) is 0.290. The lowest BCUT2D eigenvalue weighted by Gasteiger charge is -2.40. The van der Waals surface area contributed by atoms with Gasteiger partial charge < -0.3 is 14.8 Å². The third kappa shape index (κ3) is 8.39. The molecule has 280 valence electrons. The fraction of sp³-hybridized carbons (Fsp3) is 0.526. The normalized spacial score (nSPS) is 26.2. The van der Waals surface area contributed by atoms with E-state index in [-0.39, 0.29) is 30.7 Å². The fourth-order valence-corrected chi connectivity index (χ4v) is 7.61. The second-order valence-electron chi connectivity index (χ2n) is 15.9. The maximum absolute atomic E-state index is 13.5. The monoisotopic (exact) mass is 756 g/mol. The molecule has 2 aliphatic heterocycles. The van der Waals surface area contributed by atoms with Gasteiger partial charge in [-0.25, -0.2) is 24.1 Å². The molecular weight excluding hydrogens is 711 g/mol. The number of imide groups is 5. The van der Waals surface area contributed by atoms with Gasteiger partial charge in [0.15, 0.2) is 0 Å². The molecule has 2 aliphatic carbocycles. The van der Waals surface area contributed by atoms with E-state index < -0.39 is 46.4 Å². The Morgan fingerprint density at radius 2 is 1.12 bits per heavy atom. The molecule has 8 amide bonds. The van der Waals surface area contributed by atoms with Crippen molar-refractivity contribution in [2.75, 3.05) is 0 Å². The van der Waals surface area contributed by atoms with E-state index in [1.54, 1.807) is 41.5 Å². The first-order valence-electron chi connectivity index (χ1n) is 17.5. The Morgan fingerprint density at radius 3 is 1.52 bits per heavy atom. The molecule has 0 aromatic heterocycles. The van der Waals surface area contributed by atoms with Gasteiger partial charge in [-0.3, -0.25) is 14.9 Å². The molecule has 12 nitrogen and oxygen atoms in total. The molecule has 2 N–H and O–H groups in total. The zero-order valence-electron chi connectivity index (χ0n) is 30.3. The molecule has 0 unspecified atom stereocenters. The molecular formula is C38H46Cl2N4O8. The van der Waals surface area contributed by atoms with Crippen molar-refractivity contribution >= 4 is 59.3 Å². The van der Waals surface area contributed by atoms with Crippen LogP contribution in [0.4, 0.5) is 19.2 Å². The highest BCUT2D eigenvalue weighted by molar-refractivity contribution is 6.30. The van der Waals surface area contributed by atoms with Gasteiger partial charge in [-0.05, 0) is 140 Å². The van der Waals surface area contributed by atoms with Crippen molar-refractivity contribution in [1.29, 1.82) is 0 Å². The summed E-state index contributed by atoms with van der Waals surface area (Å²) < 4.78 is 10.7. The van der Waals surface area contributed by atoms with E-state index in [9.17, 15) is 28.8 Å². The Hall–Kier alpha value is -4.16. The van der Waals surface area contributed by atoms with E-state index in [2.05, 4.69) is 10.6 Å². The zero-order valence-corrected chi connectivity index (χ0v) is 31.9. The molecule has 4 fully saturated rings. The standard InChI is InChI=1S/C24H31ClN2O6.C14H15ClN2O2/c1-22(2,3)32-20(30)26-18(28)24(27(19(26)29)21(31)33-23(4,5)6)13-11-16(12-14-24)15-7-9-17(25)10-8-15;15-11-3-1-9(2-4-11)10-5-7-14(8-6-10)12(18)16-13(19)17-14/h7-10,16H,11-14H2,1-6H3;1-4,10H,5-8H2,(H2,16,17,18,19). The highest BCUT2D eigenvalue weighted by Gasteiger charge is 2.64. The molecule has 2 aromatic rings. The summed E-state index contributed by atoms with van der Waals surface area (Å²) in [7, 11) is 0. The number of hydrogen-bond acceptors (Lipinski definition) is 8. The smallest absolute Gasteiger partial charge is 0.425 e. The van der Waals surface area contributed by atoms with Crippen LogP contribution in [0.3, 0.4) is 0 Å². The summed E-state index contributed by atoms with van der Waals surface area (Å²) >= 11 is 11.9. The molecule has 2 aromatic carbocycles. The topological polar surface area (TPSA) is 151 Å². The maximum Gasteiger partial charge on any atom is 0.425 e. The Bertz CT molecular complexity index is 1720. The third-order valence-corrected chi connectivity index (χ3v) is 10.4. The number of hydrogen-bond donors (Lipinski definition) is 2. The van der Waals surface area contributed by atoms with Crippen LogP contribution < -0.4 is 10.6 Å². The van der Waals surface area contributed by atoms with Crippen molar-refractivity contribution in [2.24, 2.45) is 0 Å². The minimum Gasteiger partial charge on any atom is -0.443 e. The second kappa shape index (κ2) is 14.7. The first-order valence-corrected chi connectivity index (χ1v) is 18.3. The average Bonchev–Trinajstić information content (AvgIpc) is 3.44. The molecule has 52 heavy (non-hydrogen) atoms. The van der Waals surface area contributed by atoms with Crippen LogP contribution in [0.5, 0.6) is 0 Å². The van der Waals surface area contributed by atoms with E-state index in [1.165, 1.54) is 5.56 Å². The van der Waals surface area contributed by atoms with Crippen LogP contribution in [0.2, 0.25) is 10.0 Å². The summed E-state index contributed by atoms with van der Waals surface area (Å²) in [5.41, 5.74) is -1.64. The molecule has 4 aliphatic rings. The Kier molecular flexibility index (Phi) is 11.0. The Balaban J connectivity index is 0.000000231. The summed E-state index contributed by atoms with van der Waals surface area (Å²) in [5.74, 6) is -0.353. The van der Waals surface area contributed by atoms with E-state index >= 15 is 0 Å². The van der Waals surface area contributed by atoms with Crippen LogP contribution in [0.25, 0.3) is 0 Å². The van der Waals surface area contributed by atoms with Gasteiger partial charge in [0.25, 0.3) is 11.8 Å². The molecule has 2 saturated heterocycles. The number of carbonyl (C=O) groups is 6. The number of rotatable bonds is 2. The lowest BCUT2D eigenvalue weighted by molar-refractivity contribution is -0.134. The summed E-state index contributed by atoms with van der Waals surface area (Å²) in [6.45, 7) is 9.91. The number of carbonyl (C=O) groups excluding carboxylic acids is 6. The number of nitrogens with one attached hydrogen (secondary N) is 2. The molecule has 0 bridgehead atoms. The Morgan fingerprint density at radius 1 is 0.692 bits per heavy atom. The number of ether oxygens (including phenoxy) is 2. The second-order valence-corrected chi connectivity index (χ2v) is 16.8. The number of halogens is 2. The molecule has 2 heterocycles. The van der Waals surface area contributed by atoms with Crippen LogP contribution >= 0.6 is 23.2 Å². The predicted molar refractivity (Wildman–Crippen MR) is 194 cm³/mol. The number of benzene rings is 2. The largest absolute Gasteiger partial charge is 0.443 e. The summed E-state index contributed by atoms with van der Waals surface area (Å²) in [6, 6.07) is 14.0. The minimum absolute atomic E-state index is 0.131. The minimum atomic E-state index is -1.49. The van der Waals surface area contributed by atoms with Crippen LogP contribution in [-0.2, 0) is 19.1 Å². The van der Waals surface area contributed by atoms with Crippen LogP contribution in [0.1, 0.15) is 116 Å². The van der Waals surface area contributed by atoms with Crippen molar-refractivity contribution in [3.63, 3.8) is 0 Å². The number of urea groups is 2. The van der Waals surface area contributed by atoms with Gasteiger partial charge in [0, 0.05) is 10.0 Å². The van der Waals surface area contributed by atoms with Gasteiger partial charge in [-0.1, -0.05) is 47.5 Å². The van der Waals surface area contributed by atoms with E-state index in [0.717, 1.165) is 28.3 Å². The lowest BCUT2D eigenvalue weighted by atomic mass is 9.73. The van der Waals surface area contributed by atoms with E-state index in [1.807, 2.05) is 48.5 Å². The summed E-state index contributed by atoms with van der Waals surface area (Å²) in [6.07, 6.45) is 2.65. The van der Waals surface area contributed by atoms with E-state index in [0.29, 0.717) is 41.5 Å². The van der Waals surface area contributed by atoms with Gasteiger partial charge >= 0.3 is 24.2 Å². The highest BCUT2D eigenvalue weighted by atomic mass is 35.5. The molecule has 0 radical (unpaired) electrons. The van der Waals surface area contributed by atoms with Gasteiger partial charge in [-0.15, -0.1) is 0 Å². The zero-order chi connectivity index (χ0) is 38.2. The molecule has 6 rings (SSSR count). The van der Waals surface area contributed by atoms with Crippen molar-refractivity contribution in [3.8, 4) is 0 Å². The van der Waals surface area contributed by atoms with Crippen molar-refractivity contribution in [1.82, 2.24) is 20.4 Å². The van der Waals surface area contributed by atoms with Gasteiger partial charge in [0.1, 0.15) is 22.3 Å². The van der Waals surface area contributed by atoms with Crippen LogP contribution in [0.15, 0.2) is 48.5 Å². The van der Waals surface area contributed by atoms with Crippen molar-refractivity contribution in [3.05, 3.63) is 69.7 Å². The molecule has 14 heteroatoms. The van der Waals surface area contributed by atoms with Gasteiger partial charge in [0.2, 0.25) is 0 Å². The van der Waals surface area contributed by atoms with E-state index in [4.69, 9.17) is 32.7 Å². The average molecular weight is 758 g/mol. The van der Waals surface area contributed by atoms with Crippen molar-refractivity contribution < 1.29 is 38.2 Å². The molecule has 0 atom stereocenters. The third-order valence-electron chi connectivity index (χ3n) is 9.91. The first-order chi connectivity index (χ1) is 24.2. The van der Waals surface area contributed by atoms with Crippen LogP contribution in [-0.4, -0.2) is 68.1 Å². The predicted octanol–water partition coefficient (Wildman–Crippen LogP) is 8.45. The molecule has 2 spiro atoms. The highest BCUT2D eigenvalue weighted by Crippen LogP contribution is 2.46. The maximum atomic E-state index is 13.5. The first kappa shape index (κ1) is 39.1. The van der Waals surface area contributed by atoms with Gasteiger partial charge in [-0.2, -0.15) is 4.90 Å². The van der Waals surface area contributed by atoms with Crippen molar-refractivity contribution in [2.45, 2.75) is 127 Å². The fourth-order valence-electron chi connectivity index (χ4n) is 7.36. The van der Waals surface area contributed by atoms with Gasteiger partial charge in [0.05, 0.1) is 0 Å². The Labute approximate surface area is 313 Å². The number of nitrogens with zero attached hydrogens (tertiary/aromatic N) is 2. The lowest BCUT2D eigenvalue weighted by Crippen LogP contribution is -2.55.